The minimum absolute atomic E-state index is 0.695. The van der Waals surface area contributed by atoms with E-state index in [9.17, 15) is 0 Å². The molecule has 3 aromatic rings. The number of benzene rings is 1. The summed E-state index contributed by atoms with van der Waals surface area (Å²) in [5, 5.41) is 7.44. The molecule has 0 radical (unpaired) electrons. The van der Waals surface area contributed by atoms with E-state index in [0.717, 1.165) is 48.8 Å². The average molecular weight is 354 g/mol. The molecule has 0 bridgehead atoms. The van der Waals surface area contributed by atoms with E-state index < -0.39 is 0 Å². The van der Waals surface area contributed by atoms with Crippen molar-refractivity contribution in [3.05, 3.63) is 59.4 Å². The molecule has 25 heavy (non-hydrogen) atoms. The molecule has 0 unspecified atom stereocenters. The zero-order valence-corrected chi connectivity index (χ0v) is 14.9. The van der Waals surface area contributed by atoms with E-state index in [1.807, 2.05) is 48.8 Å². The zero-order chi connectivity index (χ0) is 17.2. The molecule has 0 amide bonds. The molecule has 0 atom stereocenters. The third kappa shape index (κ3) is 3.25. The second-order valence-electron chi connectivity index (χ2n) is 6.26. The second kappa shape index (κ2) is 6.86. The van der Waals surface area contributed by atoms with Crippen molar-refractivity contribution in [2.75, 3.05) is 33.2 Å². The van der Waals surface area contributed by atoms with Crippen LogP contribution < -0.4 is 0 Å². The van der Waals surface area contributed by atoms with E-state index in [0.29, 0.717) is 5.02 Å². The molecule has 6 heteroatoms. The van der Waals surface area contributed by atoms with Crippen LogP contribution in [0.3, 0.4) is 0 Å². The fourth-order valence-corrected chi connectivity index (χ4v) is 3.26. The lowest BCUT2D eigenvalue weighted by atomic mass is 10.2. The van der Waals surface area contributed by atoms with Crippen LogP contribution >= 0.6 is 11.6 Å². The van der Waals surface area contributed by atoms with E-state index in [-0.39, 0.29) is 0 Å². The third-order valence-electron chi connectivity index (χ3n) is 4.51. The molecule has 1 aliphatic heterocycles. The van der Waals surface area contributed by atoms with Crippen molar-refractivity contribution in [3.8, 4) is 11.4 Å². The average Bonchev–Trinajstić information content (AvgIpc) is 3.00. The van der Waals surface area contributed by atoms with Gasteiger partial charge in [0.25, 0.3) is 0 Å². The van der Waals surface area contributed by atoms with E-state index in [4.69, 9.17) is 16.6 Å². The molecule has 4 rings (SSSR count). The Kier molecular flexibility index (Phi) is 4.42. The van der Waals surface area contributed by atoms with Gasteiger partial charge in [0.05, 0.1) is 16.8 Å². The molecule has 0 aliphatic carbocycles. The number of likely N-dealkylation sites (N-methyl/N-ethyl adjacent to an activating group) is 1. The molecule has 1 saturated heterocycles. The summed E-state index contributed by atoms with van der Waals surface area (Å²) < 4.78 is 2.06. The Morgan fingerprint density at radius 2 is 1.80 bits per heavy atom. The molecule has 1 aliphatic rings. The summed E-state index contributed by atoms with van der Waals surface area (Å²) in [6.07, 6.45) is 3.87. The molecule has 0 N–H and O–H groups in total. The summed E-state index contributed by atoms with van der Waals surface area (Å²) in [4.78, 5) is 7.12. The first-order valence-corrected chi connectivity index (χ1v) is 8.79. The molecule has 1 fully saturated rings. The van der Waals surface area contributed by atoms with Crippen molar-refractivity contribution in [3.63, 3.8) is 0 Å². The molecule has 0 spiro atoms. The van der Waals surface area contributed by atoms with Crippen molar-refractivity contribution in [1.82, 2.24) is 19.3 Å². The van der Waals surface area contributed by atoms with Gasteiger partial charge < -0.3 is 4.90 Å². The molecule has 0 saturated carbocycles. The molecular formula is C19H20ClN5. The monoisotopic (exact) mass is 353 g/mol. The first-order chi connectivity index (χ1) is 12.2. The Labute approximate surface area is 152 Å². The number of nitrogens with zero attached hydrogens (tertiary/aromatic N) is 5. The summed E-state index contributed by atoms with van der Waals surface area (Å²) >= 11 is 6.38. The molecule has 1 aromatic carbocycles. The highest BCUT2D eigenvalue weighted by atomic mass is 35.5. The van der Waals surface area contributed by atoms with Gasteiger partial charge in [-0.3, -0.25) is 9.41 Å². The van der Waals surface area contributed by atoms with Crippen LogP contribution in [-0.2, 0) is 0 Å². The number of hydrazone groups is 1. The number of rotatable bonds is 3. The van der Waals surface area contributed by atoms with Crippen molar-refractivity contribution in [2.45, 2.75) is 0 Å². The van der Waals surface area contributed by atoms with Gasteiger partial charge in [0.15, 0.2) is 0 Å². The molecular weight excluding hydrogens is 334 g/mol. The number of halogens is 1. The molecule has 2 aromatic heterocycles. The van der Waals surface area contributed by atoms with Crippen LogP contribution in [0.25, 0.3) is 16.9 Å². The predicted octanol–water partition coefficient (Wildman–Crippen LogP) is 3.24. The van der Waals surface area contributed by atoms with Gasteiger partial charge in [-0.1, -0.05) is 29.8 Å². The Hall–Kier alpha value is -2.37. The minimum Gasteiger partial charge on any atom is -0.303 e. The summed E-state index contributed by atoms with van der Waals surface area (Å²) in [5.41, 5.74) is 2.80. The summed E-state index contributed by atoms with van der Waals surface area (Å²) in [6, 6.07) is 13.8. The number of piperazine rings is 1. The largest absolute Gasteiger partial charge is 0.303 e. The van der Waals surface area contributed by atoms with Gasteiger partial charge >= 0.3 is 0 Å². The Morgan fingerprint density at radius 1 is 1.04 bits per heavy atom. The highest BCUT2D eigenvalue weighted by molar-refractivity contribution is 6.33. The first kappa shape index (κ1) is 16.1. The van der Waals surface area contributed by atoms with Crippen LogP contribution in [0.15, 0.2) is 53.8 Å². The van der Waals surface area contributed by atoms with E-state index in [1.165, 1.54) is 0 Å². The SMILES string of the molecule is CN1CCN(/N=C/c2nc(-c3ccccc3Cl)n3ccccc23)CC1. The lowest BCUT2D eigenvalue weighted by Gasteiger charge is -2.30. The highest BCUT2D eigenvalue weighted by Crippen LogP contribution is 2.28. The van der Waals surface area contributed by atoms with Gasteiger partial charge in [-0.15, -0.1) is 0 Å². The third-order valence-corrected chi connectivity index (χ3v) is 4.84. The van der Waals surface area contributed by atoms with Crippen LogP contribution in [0.5, 0.6) is 0 Å². The van der Waals surface area contributed by atoms with Gasteiger partial charge in [-0.05, 0) is 31.3 Å². The topological polar surface area (TPSA) is 36.1 Å². The van der Waals surface area contributed by atoms with Crippen molar-refractivity contribution in [2.24, 2.45) is 5.10 Å². The smallest absolute Gasteiger partial charge is 0.146 e. The van der Waals surface area contributed by atoms with Crippen LogP contribution in [0.4, 0.5) is 0 Å². The first-order valence-electron chi connectivity index (χ1n) is 8.42. The number of fused-ring (bicyclic) bond motifs is 1. The van der Waals surface area contributed by atoms with E-state index >= 15 is 0 Å². The molecule has 128 valence electrons. The zero-order valence-electron chi connectivity index (χ0n) is 14.1. The quantitative estimate of drug-likeness (QED) is 0.678. The summed E-state index contributed by atoms with van der Waals surface area (Å²) in [7, 11) is 2.14. The second-order valence-corrected chi connectivity index (χ2v) is 6.67. The maximum absolute atomic E-state index is 6.38. The Bertz CT molecular complexity index is 909. The van der Waals surface area contributed by atoms with Crippen molar-refractivity contribution < 1.29 is 0 Å². The number of hydrogen-bond acceptors (Lipinski definition) is 4. The van der Waals surface area contributed by atoms with Gasteiger partial charge in [0.2, 0.25) is 0 Å². The minimum atomic E-state index is 0.695. The van der Waals surface area contributed by atoms with Crippen molar-refractivity contribution >= 4 is 23.3 Å². The van der Waals surface area contributed by atoms with Gasteiger partial charge in [0, 0.05) is 37.9 Å². The Morgan fingerprint density at radius 3 is 2.60 bits per heavy atom. The van der Waals surface area contributed by atoms with E-state index in [2.05, 4.69) is 32.5 Å². The fourth-order valence-electron chi connectivity index (χ4n) is 3.04. The lowest BCUT2D eigenvalue weighted by Crippen LogP contribution is -2.41. The van der Waals surface area contributed by atoms with Crippen LogP contribution in [-0.4, -0.2) is 58.7 Å². The number of imidazole rings is 1. The number of aromatic nitrogens is 2. The van der Waals surface area contributed by atoms with Crippen molar-refractivity contribution in [1.29, 1.82) is 0 Å². The fraction of sp³-hybridized carbons (Fsp3) is 0.263. The maximum Gasteiger partial charge on any atom is 0.146 e. The number of hydrogen-bond donors (Lipinski definition) is 0. The molecule has 3 heterocycles. The lowest BCUT2D eigenvalue weighted by molar-refractivity contribution is 0.159. The van der Waals surface area contributed by atoms with Gasteiger partial charge in [0.1, 0.15) is 11.5 Å². The predicted molar refractivity (Wildman–Crippen MR) is 102 cm³/mol. The normalized spacial score (nSPS) is 16.2. The van der Waals surface area contributed by atoms with E-state index in [1.54, 1.807) is 0 Å². The number of pyridine rings is 1. The van der Waals surface area contributed by atoms with Crippen LogP contribution in [0.1, 0.15) is 5.69 Å². The highest BCUT2D eigenvalue weighted by Gasteiger charge is 2.15. The van der Waals surface area contributed by atoms with Crippen LogP contribution in [0, 0.1) is 0 Å². The van der Waals surface area contributed by atoms with Gasteiger partial charge in [-0.25, -0.2) is 4.98 Å². The molecule has 5 nitrogen and oxygen atoms in total. The van der Waals surface area contributed by atoms with Gasteiger partial charge in [-0.2, -0.15) is 5.10 Å². The standard InChI is InChI=1S/C19H20ClN5/c1-23-10-12-24(13-11-23)21-14-17-18-8-4-5-9-25(18)19(22-17)15-6-2-3-7-16(15)20/h2-9,14H,10-13H2,1H3/b21-14+. The maximum atomic E-state index is 6.38. The summed E-state index contributed by atoms with van der Waals surface area (Å²) in [6.45, 7) is 3.95. The summed E-state index contributed by atoms with van der Waals surface area (Å²) in [5.74, 6) is 0.834. The van der Waals surface area contributed by atoms with Crippen LogP contribution in [0.2, 0.25) is 5.02 Å². The Balaban J connectivity index is 1.72.